The van der Waals surface area contributed by atoms with E-state index in [4.69, 9.17) is 4.74 Å². The van der Waals surface area contributed by atoms with Gasteiger partial charge in [-0.3, -0.25) is 9.59 Å². The fourth-order valence-electron chi connectivity index (χ4n) is 3.08. The first-order valence-corrected chi connectivity index (χ1v) is 8.69. The zero-order valence-corrected chi connectivity index (χ0v) is 14.0. The Labute approximate surface area is 143 Å². The summed E-state index contributed by atoms with van der Waals surface area (Å²) in [4.78, 5) is 25.9. The maximum Gasteiger partial charge on any atom is 0.317 e. The molecule has 3 nitrogen and oxygen atoms in total. The molecular formula is C19H17FO3S. The highest BCUT2D eigenvalue weighted by atomic mass is 32.1. The van der Waals surface area contributed by atoms with Crippen molar-refractivity contribution in [2.24, 2.45) is 5.92 Å². The van der Waals surface area contributed by atoms with Crippen LogP contribution in [0.25, 0.3) is 5.57 Å². The monoisotopic (exact) mass is 344 g/mol. The molecule has 0 fully saturated rings. The van der Waals surface area contributed by atoms with Crippen LogP contribution >= 0.6 is 11.3 Å². The third-order valence-electron chi connectivity index (χ3n) is 4.15. The summed E-state index contributed by atoms with van der Waals surface area (Å²) < 4.78 is 19.4. The van der Waals surface area contributed by atoms with Gasteiger partial charge in [-0.05, 0) is 48.1 Å². The lowest BCUT2D eigenvalue weighted by molar-refractivity contribution is -0.151. The van der Waals surface area contributed by atoms with Crippen molar-refractivity contribution >= 4 is 28.7 Å². The number of benzene rings is 1. The first-order chi connectivity index (χ1) is 11.6. The molecule has 5 heteroatoms. The van der Waals surface area contributed by atoms with E-state index in [1.54, 1.807) is 25.1 Å². The molecule has 2 aromatic rings. The summed E-state index contributed by atoms with van der Waals surface area (Å²) in [5, 5.41) is 1.93. The largest absolute Gasteiger partial charge is 0.465 e. The van der Waals surface area contributed by atoms with Gasteiger partial charge in [0.2, 0.25) is 0 Å². The van der Waals surface area contributed by atoms with Gasteiger partial charge in [0, 0.05) is 10.8 Å². The van der Waals surface area contributed by atoms with E-state index in [0.29, 0.717) is 12.0 Å². The van der Waals surface area contributed by atoms with Crippen molar-refractivity contribution in [3.63, 3.8) is 0 Å². The third-order valence-corrected chi connectivity index (χ3v) is 5.09. The zero-order valence-electron chi connectivity index (χ0n) is 13.2. The summed E-state index contributed by atoms with van der Waals surface area (Å²) in [7, 11) is 0. The van der Waals surface area contributed by atoms with E-state index in [-0.39, 0.29) is 12.4 Å². The maximum absolute atomic E-state index is 14.3. The van der Waals surface area contributed by atoms with E-state index in [1.165, 1.54) is 23.5 Å². The molecule has 1 aromatic carbocycles. The summed E-state index contributed by atoms with van der Waals surface area (Å²) in [5.74, 6) is -2.86. The fourth-order valence-corrected chi connectivity index (χ4v) is 3.84. The van der Waals surface area contributed by atoms with Crippen LogP contribution in [0.4, 0.5) is 4.39 Å². The van der Waals surface area contributed by atoms with Crippen LogP contribution in [-0.2, 0) is 14.3 Å². The van der Waals surface area contributed by atoms with Crippen molar-refractivity contribution < 1.29 is 18.7 Å². The fraction of sp³-hybridized carbons (Fsp3) is 0.263. The van der Waals surface area contributed by atoms with Gasteiger partial charge in [-0.1, -0.05) is 24.3 Å². The van der Waals surface area contributed by atoms with Gasteiger partial charge in [-0.25, -0.2) is 4.39 Å². The zero-order chi connectivity index (χ0) is 17.1. The molecule has 1 aromatic heterocycles. The predicted octanol–water partition coefficient (Wildman–Crippen LogP) is 4.21. The van der Waals surface area contributed by atoms with Crippen molar-refractivity contribution in [3.05, 3.63) is 64.1 Å². The number of esters is 1. The average molecular weight is 344 g/mol. The highest BCUT2D eigenvalue weighted by Crippen LogP contribution is 2.41. The number of thiophene rings is 1. The molecule has 2 atom stereocenters. The van der Waals surface area contributed by atoms with Gasteiger partial charge in [-0.2, -0.15) is 0 Å². The molecule has 0 amide bonds. The van der Waals surface area contributed by atoms with Crippen LogP contribution in [0.3, 0.4) is 0 Å². The number of halogens is 1. The van der Waals surface area contributed by atoms with Crippen molar-refractivity contribution in [3.8, 4) is 0 Å². The Morgan fingerprint density at radius 3 is 2.75 bits per heavy atom. The molecule has 0 radical (unpaired) electrons. The Balaban J connectivity index is 2.04. The molecule has 124 valence electrons. The quantitative estimate of drug-likeness (QED) is 0.616. The van der Waals surface area contributed by atoms with E-state index in [2.05, 4.69) is 0 Å². The van der Waals surface area contributed by atoms with E-state index in [9.17, 15) is 14.0 Å². The Kier molecular flexibility index (Phi) is 4.90. The molecule has 0 bridgehead atoms. The van der Waals surface area contributed by atoms with Gasteiger partial charge < -0.3 is 4.74 Å². The first-order valence-electron chi connectivity index (χ1n) is 7.81. The summed E-state index contributed by atoms with van der Waals surface area (Å²) in [6.45, 7) is 1.88. The molecular weight excluding hydrogens is 327 g/mol. The highest BCUT2D eigenvalue weighted by molar-refractivity contribution is 7.11. The van der Waals surface area contributed by atoms with Gasteiger partial charge >= 0.3 is 5.97 Å². The van der Waals surface area contributed by atoms with Gasteiger partial charge in [0.1, 0.15) is 11.7 Å². The Morgan fingerprint density at radius 1 is 1.29 bits per heavy atom. The van der Waals surface area contributed by atoms with Crippen molar-refractivity contribution in [2.75, 3.05) is 6.61 Å². The molecule has 2 unspecified atom stereocenters. The van der Waals surface area contributed by atoms with Crippen LogP contribution in [0.2, 0.25) is 0 Å². The minimum atomic E-state index is -0.995. The van der Waals surface area contributed by atoms with Crippen LogP contribution in [0.1, 0.15) is 29.7 Å². The van der Waals surface area contributed by atoms with E-state index < -0.39 is 23.6 Å². The molecule has 0 saturated carbocycles. The molecule has 0 aliphatic heterocycles. The van der Waals surface area contributed by atoms with Crippen molar-refractivity contribution in [1.82, 2.24) is 0 Å². The lowest BCUT2D eigenvalue weighted by Crippen LogP contribution is -2.34. The summed E-state index contributed by atoms with van der Waals surface area (Å²) in [5.41, 5.74) is 1.22. The number of carbonyl (C=O) groups is 2. The van der Waals surface area contributed by atoms with Crippen LogP contribution < -0.4 is 0 Å². The van der Waals surface area contributed by atoms with Crippen molar-refractivity contribution in [2.45, 2.75) is 19.3 Å². The number of ketones is 1. The van der Waals surface area contributed by atoms with Crippen LogP contribution in [-0.4, -0.2) is 18.4 Å². The standard InChI is InChI=1S/C19H17FO3S/c1-2-23-19(22)18-14(13-6-3-4-7-15(13)20)10-12(11-16(18)21)17-8-5-9-24-17/h3-9,11,14,18H,2,10H2,1H3. The number of hydrogen-bond acceptors (Lipinski definition) is 4. The minimum absolute atomic E-state index is 0.189. The normalized spacial score (nSPS) is 20.6. The van der Waals surface area contributed by atoms with Gasteiger partial charge in [0.25, 0.3) is 0 Å². The molecule has 1 aliphatic rings. The molecule has 0 spiro atoms. The number of rotatable bonds is 4. The number of allylic oxidation sites excluding steroid dienone is 2. The van der Waals surface area contributed by atoms with Gasteiger partial charge in [0.05, 0.1) is 6.61 Å². The van der Waals surface area contributed by atoms with E-state index in [1.807, 2.05) is 17.5 Å². The number of hydrogen-bond donors (Lipinski definition) is 0. The molecule has 1 aliphatic carbocycles. The molecule has 0 N–H and O–H groups in total. The second-order valence-electron chi connectivity index (χ2n) is 5.61. The number of carbonyl (C=O) groups excluding carboxylic acids is 2. The Bertz CT molecular complexity index is 780. The average Bonchev–Trinajstić information content (AvgIpc) is 3.09. The predicted molar refractivity (Wildman–Crippen MR) is 91.2 cm³/mol. The van der Waals surface area contributed by atoms with Gasteiger partial charge in [-0.15, -0.1) is 11.3 Å². The second kappa shape index (κ2) is 7.09. The third kappa shape index (κ3) is 3.17. The summed E-state index contributed by atoms with van der Waals surface area (Å²) in [6.07, 6.45) is 1.93. The molecule has 1 heterocycles. The van der Waals surface area contributed by atoms with Crippen molar-refractivity contribution in [1.29, 1.82) is 0 Å². The van der Waals surface area contributed by atoms with Crippen LogP contribution in [0.5, 0.6) is 0 Å². The lowest BCUT2D eigenvalue weighted by Gasteiger charge is -2.29. The Hall–Kier alpha value is -2.27. The van der Waals surface area contributed by atoms with Crippen LogP contribution in [0.15, 0.2) is 47.9 Å². The molecule has 0 saturated heterocycles. The second-order valence-corrected chi connectivity index (χ2v) is 6.56. The SMILES string of the molecule is CCOC(=O)C1C(=O)C=C(c2cccs2)CC1c1ccccc1F. The topological polar surface area (TPSA) is 43.4 Å². The molecule has 3 rings (SSSR count). The number of ether oxygens (including phenoxy) is 1. The maximum atomic E-state index is 14.3. The first kappa shape index (κ1) is 16.6. The van der Waals surface area contributed by atoms with Crippen LogP contribution in [0, 0.1) is 11.7 Å². The smallest absolute Gasteiger partial charge is 0.317 e. The summed E-state index contributed by atoms with van der Waals surface area (Å²) >= 11 is 1.52. The minimum Gasteiger partial charge on any atom is -0.465 e. The van der Waals surface area contributed by atoms with E-state index in [0.717, 1.165) is 10.5 Å². The lowest BCUT2D eigenvalue weighted by atomic mass is 9.74. The molecule has 24 heavy (non-hydrogen) atoms. The van der Waals surface area contributed by atoms with Gasteiger partial charge in [0.15, 0.2) is 5.78 Å². The van der Waals surface area contributed by atoms with E-state index >= 15 is 0 Å². The Morgan fingerprint density at radius 2 is 2.08 bits per heavy atom. The summed E-state index contributed by atoms with van der Waals surface area (Å²) in [6, 6.07) is 10.1. The highest BCUT2D eigenvalue weighted by Gasteiger charge is 2.40.